The molecule has 0 unspecified atom stereocenters. The van der Waals surface area contributed by atoms with Crippen LogP contribution >= 0.6 is 0 Å². The fourth-order valence-electron chi connectivity index (χ4n) is 2.70. The minimum Gasteiger partial charge on any atom is -0.493 e. The highest BCUT2D eigenvalue weighted by atomic mass is 16.7. The maximum atomic E-state index is 12.5. The van der Waals surface area contributed by atoms with Gasteiger partial charge in [0.1, 0.15) is 6.54 Å². The van der Waals surface area contributed by atoms with E-state index in [0.29, 0.717) is 34.4 Å². The van der Waals surface area contributed by atoms with Crippen molar-refractivity contribution in [1.29, 1.82) is 0 Å². The number of nitrogens with zero attached hydrogens (tertiary/aromatic N) is 1. The molecule has 1 aliphatic rings. The normalized spacial score (nSPS) is 11.7. The van der Waals surface area contributed by atoms with Crippen molar-refractivity contribution >= 4 is 23.2 Å². The summed E-state index contributed by atoms with van der Waals surface area (Å²) in [6.45, 7) is 1.39. The average molecular weight is 372 g/mol. The summed E-state index contributed by atoms with van der Waals surface area (Å²) in [6.07, 6.45) is 0. The summed E-state index contributed by atoms with van der Waals surface area (Å²) in [5, 5.41) is 2.75. The molecule has 0 radical (unpaired) electrons. The van der Waals surface area contributed by atoms with E-state index in [1.165, 1.54) is 26.0 Å². The Bertz CT molecular complexity index is 867. The van der Waals surface area contributed by atoms with E-state index in [-0.39, 0.29) is 25.2 Å². The highest BCUT2D eigenvalue weighted by molar-refractivity contribution is 6.02. The molecule has 8 heteroatoms. The molecule has 0 bridgehead atoms. The Labute approximate surface area is 156 Å². The SMILES string of the molecule is COc1ccc(NC(=O)CN(C(C)=O)c2ccc3c(c2)OCO3)cc1OC. The van der Waals surface area contributed by atoms with E-state index in [0.717, 1.165) is 0 Å². The maximum absolute atomic E-state index is 12.5. The summed E-state index contributed by atoms with van der Waals surface area (Å²) < 4.78 is 21.0. The molecule has 2 aromatic carbocycles. The predicted octanol–water partition coefficient (Wildman–Crippen LogP) is 2.42. The Morgan fingerprint density at radius 1 is 1.04 bits per heavy atom. The van der Waals surface area contributed by atoms with Gasteiger partial charge in [-0.05, 0) is 24.3 Å². The third-order valence-electron chi connectivity index (χ3n) is 4.02. The lowest BCUT2D eigenvalue weighted by molar-refractivity contribution is -0.120. The highest BCUT2D eigenvalue weighted by Crippen LogP contribution is 2.35. The Morgan fingerprint density at radius 3 is 2.48 bits per heavy atom. The van der Waals surface area contributed by atoms with Crippen LogP contribution in [-0.4, -0.2) is 39.4 Å². The summed E-state index contributed by atoms with van der Waals surface area (Å²) in [6, 6.07) is 10.1. The third-order valence-corrected chi connectivity index (χ3v) is 4.02. The second-order valence-electron chi connectivity index (χ2n) is 5.76. The molecular weight excluding hydrogens is 352 g/mol. The zero-order valence-electron chi connectivity index (χ0n) is 15.3. The molecule has 0 aromatic heterocycles. The lowest BCUT2D eigenvalue weighted by atomic mass is 10.2. The number of methoxy groups -OCH3 is 2. The molecule has 1 heterocycles. The third kappa shape index (κ3) is 4.05. The van der Waals surface area contributed by atoms with Gasteiger partial charge in [-0.15, -0.1) is 0 Å². The van der Waals surface area contributed by atoms with Crippen LogP contribution < -0.4 is 29.2 Å². The first kappa shape index (κ1) is 18.4. The molecule has 0 aliphatic carbocycles. The van der Waals surface area contributed by atoms with Crippen molar-refractivity contribution in [1.82, 2.24) is 0 Å². The Hall–Kier alpha value is -3.42. The molecule has 0 saturated carbocycles. The Morgan fingerprint density at radius 2 is 1.78 bits per heavy atom. The van der Waals surface area contributed by atoms with Gasteiger partial charge >= 0.3 is 0 Å². The quantitative estimate of drug-likeness (QED) is 0.838. The Balaban J connectivity index is 1.73. The van der Waals surface area contributed by atoms with E-state index >= 15 is 0 Å². The van der Waals surface area contributed by atoms with Crippen molar-refractivity contribution in [3.63, 3.8) is 0 Å². The van der Waals surface area contributed by atoms with Crippen molar-refractivity contribution in [3.8, 4) is 23.0 Å². The predicted molar refractivity (Wildman–Crippen MR) is 98.8 cm³/mol. The van der Waals surface area contributed by atoms with E-state index < -0.39 is 0 Å². The first-order chi connectivity index (χ1) is 13.0. The largest absolute Gasteiger partial charge is 0.493 e. The van der Waals surface area contributed by atoms with Gasteiger partial charge in [-0.2, -0.15) is 0 Å². The maximum Gasteiger partial charge on any atom is 0.244 e. The first-order valence-electron chi connectivity index (χ1n) is 8.21. The number of nitrogens with one attached hydrogen (secondary N) is 1. The van der Waals surface area contributed by atoms with Gasteiger partial charge in [0.25, 0.3) is 0 Å². The van der Waals surface area contributed by atoms with Crippen LogP contribution in [0.15, 0.2) is 36.4 Å². The number of carbonyl (C=O) groups is 2. The molecule has 2 aromatic rings. The second-order valence-corrected chi connectivity index (χ2v) is 5.76. The molecule has 0 saturated heterocycles. The number of benzene rings is 2. The minimum absolute atomic E-state index is 0.138. The lowest BCUT2D eigenvalue weighted by Crippen LogP contribution is -2.36. The zero-order chi connectivity index (χ0) is 19.4. The van der Waals surface area contributed by atoms with Gasteiger partial charge in [0.15, 0.2) is 23.0 Å². The molecule has 0 fully saturated rings. The molecule has 0 atom stereocenters. The van der Waals surface area contributed by atoms with Gasteiger partial charge in [0.2, 0.25) is 18.6 Å². The summed E-state index contributed by atoms with van der Waals surface area (Å²) >= 11 is 0. The topological polar surface area (TPSA) is 86.3 Å². The van der Waals surface area contributed by atoms with Crippen molar-refractivity contribution < 1.29 is 28.5 Å². The van der Waals surface area contributed by atoms with Gasteiger partial charge in [0, 0.05) is 30.4 Å². The van der Waals surface area contributed by atoms with Crippen LogP contribution in [0.1, 0.15) is 6.92 Å². The average Bonchev–Trinajstić information content (AvgIpc) is 3.13. The van der Waals surface area contributed by atoms with Crippen LogP contribution in [0.25, 0.3) is 0 Å². The molecule has 2 amide bonds. The zero-order valence-corrected chi connectivity index (χ0v) is 15.3. The summed E-state index contributed by atoms with van der Waals surface area (Å²) in [7, 11) is 3.05. The molecule has 8 nitrogen and oxygen atoms in total. The fourth-order valence-corrected chi connectivity index (χ4v) is 2.70. The highest BCUT2D eigenvalue weighted by Gasteiger charge is 2.20. The molecule has 1 N–H and O–H groups in total. The molecule has 3 rings (SSSR count). The molecule has 142 valence electrons. The standard InChI is InChI=1S/C19H20N2O6/c1-12(22)21(14-5-7-16-18(9-14)27-11-26-16)10-19(23)20-13-4-6-15(24-2)17(8-13)25-3/h4-9H,10-11H2,1-3H3,(H,20,23). The number of ether oxygens (including phenoxy) is 4. The van der Waals surface area contributed by atoms with Crippen molar-refractivity contribution in [2.24, 2.45) is 0 Å². The van der Waals surface area contributed by atoms with Gasteiger partial charge in [-0.3, -0.25) is 9.59 Å². The number of rotatable bonds is 6. The second kappa shape index (κ2) is 7.86. The summed E-state index contributed by atoms with van der Waals surface area (Å²) in [5.74, 6) is 1.58. The Kier molecular flexibility index (Phi) is 5.35. The van der Waals surface area contributed by atoms with Crippen LogP contribution in [0, 0.1) is 0 Å². The molecule has 1 aliphatic heterocycles. The van der Waals surface area contributed by atoms with E-state index in [1.807, 2.05) is 0 Å². The van der Waals surface area contributed by atoms with Crippen molar-refractivity contribution in [3.05, 3.63) is 36.4 Å². The number of anilines is 2. The van der Waals surface area contributed by atoms with Crippen LogP contribution in [0.5, 0.6) is 23.0 Å². The smallest absolute Gasteiger partial charge is 0.244 e. The van der Waals surface area contributed by atoms with Crippen LogP contribution in [0.2, 0.25) is 0 Å². The van der Waals surface area contributed by atoms with Gasteiger partial charge in [0.05, 0.1) is 14.2 Å². The number of carbonyl (C=O) groups excluding carboxylic acids is 2. The van der Waals surface area contributed by atoms with E-state index in [2.05, 4.69) is 5.32 Å². The number of hydrogen-bond acceptors (Lipinski definition) is 6. The van der Waals surface area contributed by atoms with E-state index in [9.17, 15) is 9.59 Å². The number of fused-ring (bicyclic) bond motifs is 1. The van der Waals surface area contributed by atoms with E-state index in [4.69, 9.17) is 18.9 Å². The minimum atomic E-state index is -0.352. The fraction of sp³-hybridized carbons (Fsp3) is 0.263. The van der Waals surface area contributed by atoms with Gasteiger partial charge in [-0.1, -0.05) is 0 Å². The van der Waals surface area contributed by atoms with Crippen molar-refractivity contribution in [2.75, 3.05) is 37.8 Å². The number of amides is 2. The van der Waals surface area contributed by atoms with Gasteiger partial charge in [-0.25, -0.2) is 0 Å². The monoisotopic (exact) mass is 372 g/mol. The summed E-state index contributed by atoms with van der Waals surface area (Å²) in [5.41, 5.74) is 1.08. The molecular formula is C19H20N2O6. The first-order valence-corrected chi connectivity index (χ1v) is 8.21. The van der Waals surface area contributed by atoms with Crippen LogP contribution in [-0.2, 0) is 9.59 Å². The van der Waals surface area contributed by atoms with Gasteiger partial charge < -0.3 is 29.2 Å². The van der Waals surface area contributed by atoms with Crippen LogP contribution in [0.4, 0.5) is 11.4 Å². The summed E-state index contributed by atoms with van der Waals surface area (Å²) in [4.78, 5) is 25.9. The molecule has 27 heavy (non-hydrogen) atoms. The lowest BCUT2D eigenvalue weighted by Gasteiger charge is -2.21. The number of hydrogen-bond donors (Lipinski definition) is 1. The van der Waals surface area contributed by atoms with E-state index in [1.54, 1.807) is 36.4 Å². The van der Waals surface area contributed by atoms with Crippen LogP contribution in [0.3, 0.4) is 0 Å². The molecule has 0 spiro atoms. The van der Waals surface area contributed by atoms with Crippen molar-refractivity contribution in [2.45, 2.75) is 6.92 Å².